The van der Waals surface area contributed by atoms with E-state index in [2.05, 4.69) is 6.58 Å². The van der Waals surface area contributed by atoms with Crippen LogP contribution in [0.25, 0.3) is 5.57 Å². The van der Waals surface area contributed by atoms with Crippen LogP contribution in [0.3, 0.4) is 0 Å². The molecule has 0 saturated carbocycles. The van der Waals surface area contributed by atoms with Crippen LogP contribution in [0.2, 0.25) is 0 Å². The van der Waals surface area contributed by atoms with Crippen molar-refractivity contribution >= 4 is 5.57 Å². The van der Waals surface area contributed by atoms with Gasteiger partial charge in [0.25, 0.3) is 0 Å². The topological polar surface area (TPSA) is 46.2 Å². The van der Waals surface area contributed by atoms with Crippen molar-refractivity contribution in [2.24, 2.45) is 0 Å². The second-order valence-electron chi connectivity index (χ2n) is 4.96. The lowest BCUT2D eigenvalue weighted by Gasteiger charge is -2.15. The fourth-order valence-corrected chi connectivity index (χ4v) is 2.51. The molecule has 0 atom stereocenters. The molecule has 0 aromatic heterocycles. The Morgan fingerprint density at radius 2 is 1.52 bits per heavy atom. The monoisotopic (exact) mass is 314 g/mol. The lowest BCUT2D eigenvalue weighted by atomic mass is 9.98. The fourth-order valence-electron chi connectivity index (χ4n) is 2.51. The number of benzene rings is 2. The Labute approximate surface area is 135 Å². The van der Waals surface area contributed by atoms with Gasteiger partial charge in [0.05, 0.1) is 21.3 Å². The first-order chi connectivity index (χ1) is 11.2. The molecule has 5 nitrogen and oxygen atoms in total. The molecule has 23 heavy (non-hydrogen) atoms. The molecule has 0 bridgehead atoms. The summed E-state index contributed by atoms with van der Waals surface area (Å²) in [6, 6.07) is 9.47. The van der Waals surface area contributed by atoms with Crippen LogP contribution < -0.4 is 23.7 Å². The van der Waals surface area contributed by atoms with E-state index in [0.717, 1.165) is 28.2 Å². The molecule has 2 aromatic carbocycles. The summed E-state index contributed by atoms with van der Waals surface area (Å²) in [4.78, 5) is 0. The van der Waals surface area contributed by atoms with E-state index < -0.39 is 0 Å². The largest absolute Gasteiger partial charge is 0.493 e. The maximum atomic E-state index is 5.42. The molecule has 1 heterocycles. The lowest BCUT2D eigenvalue weighted by molar-refractivity contribution is 0.174. The third kappa shape index (κ3) is 2.65. The molecule has 1 aliphatic rings. The molecular weight excluding hydrogens is 296 g/mol. The highest BCUT2D eigenvalue weighted by Gasteiger charge is 2.18. The first-order valence-electron chi connectivity index (χ1n) is 7.07. The number of hydrogen-bond acceptors (Lipinski definition) is 5. The average molecular weight is 314 g/mol. The minimum atomic E-state index is 0.245. The number of fused-ring (bicyclic) bond motifs is 1. The summed E-state index contributed by atoms with van der Waals surface area (Å²) >= 11 is 0. The Morgan fingerprint density at radius 1 is 0.870 bits per heavy atom. The Hall–Kier alpha value is -2.82. The van der Waals surface area contributed by atoms with Gasteiger partial charge in [-0.05, 0) is 41.0 Å². The minimum absolute atomic E-state index is 0.245. The van der Waals surface area contributed by atoms with Crippen molar-refractivity contribution in [2.75, 3.05) is 28.1 Å². The second kappa shape index (κ2) is 6.12. The van der Waals surface area contributed by atoms with E-state index in [0.29, 0.717) is 17.2 Å². The van der Waals surface area contributed by atoms with Crippen molar-refractivity contribution in [1.82, 2.24) is 0 Å². The maximum Gasteiger partial charge on any atom is 0.231 e. The van der Waals surface area contributed by atoms with E-state index in [1.54, 1.807) is 21.3 Å². The SMILES string of the molecule is C=C(c1ccc2c(c1)OCO2)c1cc(OC)c(OC)c(OC)c1. The number of ether oxygens (including phenoxy) is 5. The van der Waals surface area contributed by atoms with Gasteiger partial charge < -0.3 is 23.7 Å². The van der Waals surface area contributed by atoms with E-state index in [1.807, 2.05) is 30.3 Å². The van der Waals surface area contributed by atoms with Crippen molar-refractivity contribution < 1.29 is 23.7 Å². The van der Waals surface area contributed by atoms with E-state index in [1.165, 1.54) is 0 Å². The van der Waals surface area contributed by atoms with E-state index >= 15 is 0 Å². The third-order valence-corrected chi connectivity index (χ3v) is 3.73. The maximum absolute atomic E-state index is 5.42. The molecule has 0 aliphatic carbocycles. The smallest absolute Gasteiger partial charge is 0.231 e. The van der Waals surface area contributed by atoms with Crippen LogP contribution in [0.15, 0.2) is 36.9 Å². The zero-order valence-corrected chi connectivity index (χ0v) is 13.3. The predicted molar refractivity (Wildman–Crippen MR) is 86.8 cm³/mol. The summed E-state index contributed by atoms with van der Waals surface area (Å²) < 4.78 is 26.9. The summed E-state index contributed by atoms with van der Waals surface area (Å²) in [5.74, 6) is 3.19. The average Bonchev–Trinajstić information content (AvgIpc) is 3.07. The molecule has 120 valence electrons. The summed E-state index contributed by atoms with van der Waals surface area (Å²) in [5, 5.41) is 0. The Morgan fingerprint density at radius 3 is 2.13 bits per heavy atom. The van der Waals surface area contributed by atoms with Gasteiger partial charge in [0.15, 0.2) is 23.0 Å². The summed E-state index contributed by atoms with van der Waals surface area (Å²) in [6.45, 7) is 4.42. The van der Waals surface area contributed by atoms with Gasteiger partial charge >= 0.3 is 0 Å². The minimum Gasteiger partial charge on any atom is -0.493 e. The van der Waals surface area contributed by atoms with Crippen LogP contribution in [0.1, 0.15) is 11.1 Å². The molecule has 0 amide bonds. The summed E-state index contributed by atoms with van der Waals surface area (Å²) in [5.41, 5.74) is 2.63. The highest BCUT2D eigenvalue weighted by atomic mass is 16.7. The van der Waals surface area contributed by atoms with Crippen molar-refractivity contribution in [3.8, 4) is 28.7 Å². The van der Waals surface area contributed by atoms with Crippen molar-refractivity contribution in [3.63, 3.8) is 0 Å². The first-order valence-corrected chi connectivity index (χ1v) is 7.07. The van der Waals surface area contributed by atoms with Gasteiger partial charge in [0.2, 0.25) is 12.5 Å². The molecule has 5 heteroatoms. The number of methoxy groups -OCH3 is 3. The highest BCUT2D eigenvalue weighted by Crippen LogP contribution is 2.42. The summed E-state index contributed by atoms with van der Waals surface area (Å²) in [7, 11) is 4.75. The first kappa shape index (κ1) is 15.1. The van der Waals surface area contributed by atoms with Crippen molar-refractivity contribution in [3.05, 3.63) is 48.0 Å². The molecule has 0 unspecified atom stereocenters. The van der Waals surface area contributed by atoms with Crippen LogP contribution in [-0.2, 0) is 0 Å². The molecular formula is C18H18O5. The van der Waals surface area contributed by atoms with Gasteiger partial charge in [-0.1, -0.05) is 12.6 Å². The predicted octanol–water partition coefficient (Wildman–Crippen LogP) is 3.50. The molecule has 0 fully saturated rings. The van der Waals surface area contributed by atoms with Gasteiger partial charge in [0.1, 0.15) is 0 Å². The Bertz CT molecular complexity index is 726. The number of rotatable bonds is 5. The standard InChI is InChI=1S/C18H18O5/c1-11(12-5-6-14-15(7-12)23-10-22-14)13-8-16(19-2)18(21-4)17(9-13)20-3/h5-9H,1,10H2,2-4H3. The van der Waals surface area contributed by atoms with Crippen LogP contribution in [0, 0.1) is 0 Å². The Kier molecular flexibility index (Phi) is 4.02. The van der Waals surface area contributed by atoms with Crippen molar-refractivity contribution in [1.29, 1.82) is 0 Å². The molecule has 1 aliphatic heterocycles. The molecule has 0 saturated heterocycles. The van der Waals surface area contributed by atoms with Gasteiger partial charge in [-0.3, -0.25) is 0 Å². The molecule has 2 aromatic rings. The number of hydrogen-bond donors (Lipinski definition) is 0. The van der Waals surface area contributed by atoms with Crippen LogP contribution in [0.4, 0.5) is 0 Å². The Balaban J connectivity index is 2.02. The zero-order valence-electron chi connectivity index (χ0n) is 13.3. The summed E-state index contributed by atoms with van der Waals surface area (Å²) in [6.07, 6.45) is 0. The van der Waals surface area contributed by atoms with Gasteiger partial charge in [-0.2, -0.15) is 0 Å². The highest BCUT2D eigenvalue weighted by molar-refractivity contribution is 5.81. The molecule has 0 radical (unpaired) electrons. The fraction of sp³-hybridized carbons (Fsp3) is 0.222. The molecule has 0 N–H and O–H groups in total. The third-order valence-electron chi connectivity index (χ3n) is 3.73. The van der Waals surface area contributed by atoms with Gasteiger partial charge in [0, 0.05) is 0 Å². The molecule has 0 spiro atoms. The van der Waals surface area contributed by atoms with E-state index in [9.17, 15) is 0 Å². The van der Waals surface area contributed by atoms with Crippen LogP contribution >= 0.6 is 0 Å². The van der Waals surface area contributed by atoms with E-state index in [-0.39, 0.29) is 6.79 Å². The van der Waals surface area contributed by atoms with Crippen LogP contribution in [0.5, 0.6) is 28.7 Å². The zero-order chi connectivity index (χ0) is 16.4. The van der Waals surface area contributed by atoms with Crippen LogP contribution in [-0.4, -0.2) is 28.1 Å². The molecule has 3 rings (SSSR count). The van der Waals surface area contributed by atoms with Gasteiger partial charge in [-0.25, -0.2) is 0 Å². The normalized spacial score (nSPS) is 12.0. The lowest BCUT2D eigenvalue weighted by Crippen LogP contribution is -1.97. The van der Waals surface area contributed by atoms with Gasteiger partial charge in [-0.15, -0.1) is 0 Å². The quantitative estimate of drug-likeness (QED) is 0.845. The van der Waals surface area contributed by atoms with Crippen molar-refractivity contribution in [2.45, 2.75) is 0 Å². The second-order valence-corrected chi connectivity index (χ2v) is 4.96. The van der Waals surface area contributed by atoms with E-state index in [4.69, 9.17) is 23.7 Å².